The first kappa shape index (κ1) is 21.0. The van der Waals surface area contributed by atoms with Crippen LogP contribution in [0.5, 0.6) is 5.75 Å². The van der Waals surface area contributed by atoms with Crippen molar-refractivity contribution in [3.63, 3.8) is 0 Å². The van der Waals surface area contributed by atoms with Crippen LogP contribution in [-0.2, 0) is 19.6 Å². The predicted octanol–water partition coefficient (Wildman–Crippen LogP) is 5.90. The molecule has 33 heavy (non-hydrogen) atoms. The van der Waals surface area contributed by atoms with Crippen LogP contribution in [0.15, 0.2) is 54.1 Å². The van der Waals surface area contributed by atoms with Gasteiger partial charge < -0.3 is 9.30 Å². The Labute approximate surface area is 194 Å². The number of rotatable bonds is 3. The molecular formula is C28H26N4O. The third kappa shape index (κ3) is 3.58. The van der Waals surface area contributed by atoms with Crippen LogP contribution in [0, 0.1) is 25.2 Å². The number of fused-ring (bicyclic) bond motifs is 3. The van der Waals surface area contributed by atoms with Crippen molar-refractivity contribution in [1.29, 1.82) is 5.26 Å². The first-order chi connectivity index (χ1) is 16.0. The molecule has 0 fully saturated rings. The van der Waals surface area contributed by atoms with E-state index in [1.165, 1.54) is 0 Å². The molecule has 0 saturated heterocycles. The molecule has 0 unspecified atom stereocenters. The topological polar surface area (TPSA) is 63.7 Å². The van der Waals surface area contributed by atoms with Gasteiger partial charge in [0.1, 0.15) is 23.7 Å². The van der Waals surface area contributed by atoms with Gasteiger partial charge in [0.05, 0.1) is 12.6 Å². The predicted molar refractivity (Wildman–Crippen MR) is 130 cm³/mol. The van der Waals surface area contributed by atoms with Crippen molar-refractivity contribution < 1.29 is 4.74 Å². The number of ether oxygens (including phenoxy) is 1. The number of aromatic nitrogens is 3. The summed E-state index contributed by atoms with van der Waals surface area (Å²) >= 11 is 0. The number of imidazole rings is 1. The molecule has 1 aliphatic rings. The molecule has 0 radical (unpaired) electrons. The number of benzene rings is 2. The molecule has 0 atom stereocenters. The van der Waals surface area contributed by atoms with Crippen molar-refractivity contribution in [2.75, 3.05) is 0 Å². The quantitative estimate of drug-likeness (QED) is 0.377. The van der Waals surface area contributed by atoms with E-state index in [4.69, 9.17) is 14.7 Å². The second kappa shape index (κ2) is 8.22. The third-order valence-electron chi connectivity index (χ3n) is 6.29. The van der Waals surface area contributed by atoms with Crippen molar-refractivity contribution in [2.24, 2.45) is 0 Å². The standard InChI is InChI=1S/C28H26N4O/c1-5-25-31-27-17(2)12-19(4)30-28(27)32(25)15-20-10-11-23-24(13-20)33-16-21-8-6-7-9-22(21)26(23)18(3)14-29/h6-13H,5,15-16H2,1-4H3/b26-18-. The van der Waals surface area contributed by atoms with E-state index in [1.807, 2.05) is 26.0 Å². The van der Waals surface area contributed by atoms with E-state index in [0.29, 0.717) is 18.7 Å². The molecule has 0 bridgehead atoms. The molecule has 0 N–H and O–H groups in total. The second-order valence-electron chi connectivity index (χ2n) is 8.61. The molecule has 1 aliphatic heterocycles. The summed E-state index contributed by atoms with van der Waals surface area (Å²) in [4.78, 5) is 9.67. The fourth-order valence-electron chi connectivity index (χ4n) is 4.71. The van der Waals surface area contributed by atoms with Gasteiger partial charge >= 0.3 is 0 Å². The van der Waals surface area contributed by atoms with Gasteiger partial charge in [-0.15, -0.1) is 0 Å². The van der Waals surface area contributed by atoms with Crippen LogP contribution in [-0.4, -0.2) is 14.5 Å². The zero-order valence-electron chi connectivity index (χ0n) is 19.4. The maximum atomic E-state index is 9.69. The van der Waals surface area contributed by atoms with Crippen LogP contribution >= 0.6 is 0 Å². The lowest BCUT2D eigenvalue weighted by Gasteiger charge is -2.14. The summed E-state index contributed by atoms with van der Waals surface area (Å²) in [7, 11) is 0. The number of pyridine rings is 1. The van der Waals surface area contributed by atoms with Gasteiger partial charge in [0.15, 0.2) is 5.65 Å². The van der Waals surface area contributed by atoms with E-state index < -0.39 is 0 Å². The minimum absolute atomic E-state index is 0.475. The van der Waals surface area contributed by atoms with Crippen molar-refractivity contribution in [3.8, 4) is 11.8 Å². The Morgan fingerprint density at radius 3 is 2.70 bits per heavy atom. The molecule has 2 aromatic heterocycles. The number of aryl methyl sites for hydroxylation is 3. The van der Waals surface area contributed by atoms with Crippen molar-refractivity contribution in [3.05, 3.63) is 93.4 Å². The van der Waals surface area contributed by atoms with Gasteiger partial charge in [-0.1, -0.05) is 43.3 Å². The Kier molecular flexibility index (Phi) is 5.22. The number of hydrogen-bond donors (Lipinski definition) is 0. The highest BCUT2D eigenvalue weighted by Gasteiger charge is 2.22. The van der Waals surface area contributed by atoms with Gasteiger partial charge in [-0.25, -0.2) is 9.97 Å². The number of nitriles is 1. The maximum absolute atomic E-state index is 9.69. The highest BCUT2D eigenvalue weighted by atomic mass is 16.5. The minimum atomic E-state index is 0.475. The van der Waals surface area contributed by atoms with Gasteiger partial charge in [0.25, 0.3) is 0 Å². The minimum Gasteiger partial charge on any atom is -0.488 e. The number of nitrogens with zero attached hydrogens (tertiary/aromatic N) is 4. The van der Waals surface area contributed by atoms with Crippen LogP contribution in [0.2, 0.25) is 0 Å². The SMILES string of the molecule is CCc1nc2c(C)cc(C)nc2n1Cc1ccc2c(c1)OCc1ccccc1/C2=C(\C)C#N. The van der Waals surface area contributed by atoms with Gasteiger partial charge in [-0.3, -0.25) is 0 Å². The molecule has 0 saturated carbocycles. The Morgan fingerprint density at radius 2 is 1.91 bits per heavy atom. The Morgan fingerprint density at radius 1 is 1.09 bits per heavy atom. The van der Waals surface area contributed by atoms with Crippen molar-refractivity contribution in [1.82, 2.24) is 14.5 Å². The summed E-state index contributed by atoms with van der Waals surface area (Å²) in [5.41, 5.74) is 9.89. The zero-order chi connectivity index (χ0) is 23.1. The lowest BCUT2D eigenvalue weighted by atomic mass is 9.90. The second-order valence-corrected chi connectivity index (χ2v) is 8.61. The van der Waals surface area contributed by atoms with E-state index >= 15 is 0 Å². The Balaban J connectivity index is 1.62. The fraction of sp³-hybridized carbons (Fsp3) is 0.250. The molecular weight excluding hydrogens is 408 g/mol. The third-order valence-corrected chi connectivity index (χ3v) is 6.29. The normalized spacial score (nSPS) is 14.2. The molecule has 5 nitrogen and oxygen atoms in total. The molecule has 0 aliphatic carbocycles. The smallest absolute Gasteiger partial charge is 0.160 e. The lowest BCUT2D eigenvalue weighted by molar-refractivity contribution is 0.307. The zero-order valence-corrected chi connectivity index (χ0v) is 19.4. The average molecular weight is 435 g/mol. The first-order valence-corrected chi connectivity index (χ1v) is 11.3. The molecule has 0 amide bonds. The molecule has 5 rings (SSSR count). The summed E-state index contributed by atoms with van der Waals surface area (Å²) in [5, 5.41) is 9.69. The van der Waals surface area contributed by atoms with E-state index in [-0.39, 0.29) is 0 Å². The van der Waals surface area contributed by atoms with E-state index in [9.17, 15) is 5.26 Å². The fourth-order valence-corrected chi connectivity index (χ4v) is 4.71. The summed E-state index contributed by atoms with van der Waals surface area (Å²) in [6, 6.07) is 18.9. The summed E-state index contributed by atoms with van der Waals surface area (Å²) in [6.45, 7) is 9.25. The van der Waals surface area contributed by atoms with Crippen molar-refractivity contribution in [2.45, 2.75) is 47.3 Å². The van der Waals surface area contributed by atoms with Crippen LogP contribution in [0.4, 0.5) is 0 Å². The molecule has 2 aromatic carbocycles. The summed E-state index contributed by atoms with van der Waals surface area (Å²) in [6.07, 6.45) is 0.833. The number of allylic oxidation sites excluding steroid dienone is 1. The summed E-state index contributed by atoms with van der Waals surface area (Å²) in [5.74, 6) is 1.83. The Bertz CT molecular complexity index is 1470. The molecule has 4 aromatic rings. The van der Waals surface area contributed by atoms with Gasteiger partial charge in [-0.05, 0) is 55.2 Å². The van der Waals surface area contributed by atoms with Gasteiger partial charge in [-0.2, -0.15) is 5.26 Å². The highest BCUT2D eigenvalue weighted by Crippen LogP contribution is 2.39. The van der Waals surface area contributed by atoms with E-state index in [2.05, 4.69) is 60.9 Å². The van der Waals surface area contributed by atoms with Crippen LogP contribution in [0.1, 0.15) is 53.2 Å². The maximum Gasteiger partial charge on any atom is 0.160 e. The molecule has 3 heterocycles. The van der Waals surface area contributed by atoms with E-state index in [0.717, 1.165) is 68.2 Å². The Hall–Kier alpha value is -3.91. The average Bonchev–Trinajstić information content (AvgIpc) is 3.07. The largest absolute Gasteiger partial charge is 0.488 e. The highest BCUT2D eigenvalue weighted by molar-refractivity contribution is 5.88. The van der Waals surface area contributed by atoms with Crippen molar-refractivity contribution >= 4 is 16.7 Å². The summed E-state index contributed by atoms with van der Waals surface area (Å²) < 4.78 is 8.47. The van der Waals surface area contributed by atoms with Crippen LogP contribution < -0.4 is 4.74 Å². The molecule has 164 valence electrons. The van der Waals surface area contributed by atoms with Gasteiger partial charge in [0.2, 0.25) is 0 Å². The lowest BCUT2D eigenvalue weighted by Crippen LogP contribution is -2.06. The molecule has 0 spiro atoms. The van der Waals surface area contributed by atoms with Crippen LogP contribution in [0.3, 0.4) is 0 Å². The van der Waals surface area contributed by atoms with Crippen LogP contribution in [0.25, 0.3) is 16.7 Å². The molecule has 5 heteroatoms. The monoisotopic (exact) mass is 434 g/mol. The first-order valence-electron chi connectivity index (χ1n) is 11.3. The van der Waals surface area contributed by atoms with Gasteiger partial charge in [0, 0.05) is 28.8 Å². The van der Waals surface area contributed by atoms with E-state index in [1.54, 1.807) is 0 Å². The number of hydrogen-bond acceptors (Lipinski definition) is 4.